The molecule has 1 saturated heterocycles. The first kappa shape index (κ1) is 18.5. The van der Waals surface area contributed by atoms with Crippen molar-refractivity contribution in [2.75, 3.05) is 19.0 Å². The van der Waals surface area contributed by atoms with Crippen LogP contribution >= 0.6 is 11.6 Å². The predicted octanol–water partition coefficient (Wildman–Crippen LogP) is 4.89. The Morgan fingerprint density at radius 3 is 2.85 bits per heavy atom. The fourth-order valence-electron chi connectivity index (χ4n) is 3.38. The number of carbonyl (C=O) groups excluding carboxylic acids is 1. The molecule has 26 heavy (non-hydrogen) atoms. The van der Waals surface area contributed by atoms with Crippen LogP contribution in [-0.2, 0) is 0 Å². The lowest BCUT2D eigenvalue weighted by Crippen LogP contribution is -2.43. The van der Waals surface area contributed by atoms with Crippen molar-refractivity contribution in [2.45, 2.75) is 38.6 Å². The average Bonchev–Trinajstić information content (AvgIpc) is 2.68. The summed E-state index contributed by atoms with van der Waals surface area (Å²) < 4.78 is 5.17. The van der Waals surface area contributed by atoms with Crippen molar-refractivity contribution < 1.29 is 9.53 Å². The van der Waals surface area contributed by atoms with E-state index in [9.17, 15) is 4.79 Å². The van der Waals surface area contributed by atoms with Crippen LogP contribution in [0.2, 0.25) is 5.02 Å². The number of anilines is 2. The average molecular weight is 374 g/mol. The number of halogens is 1. The van der Waals surface area contributed by atoms with E-state index in [2.05, 4.69) is 17.2 Å². The number of nitrogens with one attached hydrogen (secondary N) is 1. The second-order valence-electron chi connectivity index (χ2n) is 6.46. The molecule has 1 unspecified atom stereocenters. The van der Waals surface area contributed by atoms with Gasteiger partial charge in [0, 0.05) is 30.2 Å². The molecule has 1 aliphatic rings. The van der Waals surface area contributed by atoms with E-state index in [1.807, 2.05) is 17.0 Å². The van der Waals surface area contributed by atoms with Crippen LogP contribution in [0.25, 0.3) is 0 Å². The van der Waals surface area contributed by atoms with Gasteiger partial charge in [0.05, 0.1) is 12.1 Å². The van der Waals surface area contributed by atoms with Crippen LogP contribution in [0.3, 0.4) is 0 Å². The van der Waals surface area contributed by atoms with Gasteiger partial charge in [-0.1, -0.05) is 18.5 Å². The van der Waals surface area contributed by atoms with Crippen molar-refractivity contribution in [3.05, 3.63) is 47.2 Å². The van der Waals surface area contributed by atoms with Crippen molar-refractivity contribution in [1.29, 1.82) is 0 Å². The largest absolute Gasteiger partial charge is 0.495 e. The second kappa shape index (κ2) is 8.41. The molecule has 1 atom stereocenters. The van der Waals surface area contributed by atoms with Gasteiger partial charge in [0.15, 0.2) is 0 Å². The van der Waals surface area contributed by atoms with E-state index in [0.717, 1.165) is 37.2 Å². The van der Waals surface area contributed by atoms with Crippen molar-refractivity contribution in [1.82, 2.24) is 9.88 Å². The zero-order valence-corrected chi connectivity index (χ0v) is 15.9. The smallest absolute Gasteiger partial charge is 0.272 e. The van der Waals surface area contributed by atoms with E-state index in [-0.39, 0.29) is 5.91 Å². The first-order chi connectivity index (χ1) is 12.6. The van der Waals surface area contributed by atoms with Gasteiger partial charge >= 0.3 is 0 Å². The number of likely N-dealkylation sites (tertiary alicyclic amines) is 1. The molecule has 5 nitrogen and oxygen atoms in total. The standard InChI is InChI=1S/C20H24ClN3O2/c1-3-16-6-4-5-11-24(16)20(25)18-13-15(9-10-22-18)23-14-7-8-19(26-2)17(21)12-14/h7-10,12-13,16H,3-6,11H2,1-2H3,(H,22,23). The van der Waals surface area contributed by atoms with Crippen molar-refractivity contribution in [3.8, 4) is 5.75 Å². The minimum Gasteiger partial charge on any atom is -0.495 e. The summed E-state index contributed by atoms with van der Waals surface area (Å²) in [7, 11) is 1.58. The van der Waals surface area contributed by atoms with Crippen LogP contribution < -0.4 is 10.1 Å². The Bertz CT molecular complexity index is 781. The number of pyridine rings is 1. The number of aromatic nitrogens is 1. The lowest BCUT2D eigenvalue weighted by Gasteiger charge is -2.35. The monoisotopic (exact) mass is 373 g/mol. The number of ether oxygens (including phenoxy) is 1. The lowest BCUT2D eigenvalue weighted by atomic mass is 9.99. The number of hydrogen-bond donors (Lipinski definition) is 1. The maximum atomic E-state index is 12.9. The van der Waals surface area contributed by atoms with Gasteiger partial charge in [-0.25, -0.2) is 0 Å². The second-order valence-corrected chi connectivity index (χ2v) is 6.87. The van der Waals surface area contributed by atoms with E-state index in [1.54, 1.807) is 31.5 Å². The highest BCUT2D eigenvalue weighted by Gasteiger charge is 2.26. The number of carbonyl (C=O) groups is 1. The SMILES string of the molecule is CCC1CCCCN1C(=O)c1cc(Nc2ccc(OC)c(Cl)c2)ccn1. The third-order valence-corrected chi connectivity index (χ3v) is 5.07. The minimum absolute atomic E-state index is 0.00737. The fourth-order valence-corrected chi connectivity index (χ4v) is 3.63. The fraction of sp³-hybridized carbons (Fsp3) is 0.400. The molecule has 0 aliphatic carbocycles. The third-order valence-electron chi connectivity index (χ3n) is 4.78. The van der Waals surface area contributed by atoms with Gasteiger partial charge in [-0.05, 0) is 56.0 Å². The molecule has 138 valence electrons. The molecule has 6 heteroatoms. The van der Waals surface area contributed by atoms with Gasteiger partial charge in [0.25, 0.3) is 5.91 Å². The summed E-state index contributed by atoms with van der Waals surface area (Å²) in [4.78, 5) is 19.2. The molecule has 2 aromatic rings. The summed E-state index contributed by atoms with van der Waals surface area (Å²) in [5, 5.41) is 3.80. The van der Waals surface area contributed by atoms with Gasteiger partial charge in [-0.2, -0.15) is 0 Å². The highest BCUT2D eigenvalue weighted by Crippen LogP contribution is 2.29. The van der Waals surface area contributed by atoms with Crippen molar-refractivity contribution >= 4 is 28.9 Å². The van der Waals surface area contributed by atoms with Crippen LogP contribution in [-0.4, -0.2) is 35.5 Å². The molecule has 0 bridgehead atoms. The van der Waals surface area contributed by atoms with E-state index in [1.165, 1.54) is 6.42 Å². The number of nitrogens with zero attached hydrogens (tertiary/aromatic N) is 2. The van der Waals surface area contributed by atoms with Crippen LogP contribution in [0.15, 0.2) is 36.5 Å². The number of amides is 1. The maximum Gasteiger partial charge on any atom is 0.272 e. The number of rotatable bonds is 5. The molecule has 1 aromatic heterocycles. The molecular formula is C20H24ClN3O2. The number of piperidine rings is 1. The number of methoxy groups -OCH3 is 1. The van der Waals surface area contributed by atoms with Gasteiger partial charge < -0.3 is 15.0 Å². The molecule has 3 rings (SSSR count). The molecular weight excluding hydrogens is 350 g/mol. The summed E-state index contributed by atoms with van der Waals surface area (Å²) >= 11 is 6.17. The number of hydrogen-bond acceptors (Lipinski definition) is 4. The molecule has 1 amide bonds. The molecule has 1 fully saturated rings. The highest BCUT2D eigenvalue weighted by atomic mass is 35.5. The normalized spacial score (nSPS) is 17.0. The summed E-state index contributed by atoms with van der Waals surface area (Å²) in [5.74, 6) is 0.631. The Hall–Kier alpha value is -2.27. The molecule has 1 aromatic carbocycles. The first-order valence-electron chi connectivity index (χ1n) is 9.00. The Balaban J connectivity index is 1.77. The van der Waals surface area contributed by atoms with E-state index in [4.69, 9.17) is 16.3 Å². The molecule has 0 radical (unpaired) electrons. The topological polar surface area (TPSA) is 54.5 Å². The van der Waals surface area contributed by atoms with E-state index in [0.29, 0.717) is 22.5 Å². The van der Waals surface area contributed by atoms with Crippen molar-refractivity contribution in [3.63, 3.8) is 0 Å². The first-order valence-corrected chi connectivity index (χ1v) is 9.37. The molecule has 0 saturated carbocycles. The van der Waals surface area contributed by atoms with E-state index >= 15 is 0 Å². The van der Waals surface area contributed by atoms with Crippen LogP contribution in [0, 0.1) is 0 Å². The number of benzene rings is 1. The van der Waals surface area contributed by atoms with Crippen LogP contribution in [0.5, 0.6) is 5.75 Å². The Morgan fingerprint density at radius 2 is 2.12 bits per heavy atom. The summed E-state index contributed by atoms with van der Waals surface area (Å²) in [6.45, 7) is 2.94. The van der Waals surface area contributed by atoms with Gasteiger partial charge in [-0.15, -0.1) is 0 Å². The minimum atomic E-state index is 0.00737. The van der Waals surface area contributed by atoms with Crippen molar-refractivity contribution in [2.24, 2.45) is 0 Å². The lowest BCUT2D eigenvalue weighted by molar-refractivity contribution is 0.0602. The summed E-state index contributed by atoms with van der Waals surface area (Å²) in [6.07, 6.45) is 5.96. The maximum absolute atomic E-state index is 12.9. The third kappa shape index (κ3) is 4.10. The molecule has 2 heterocycles. The van der Waals surface area contributed by atoms with Gasteiger partial charge in [0.2, 0.25) is 0 Å². The zero-order valence-electron chi connectivity index (χ0n) is 15.2. The Morgan fingerprint density at radius 1 is 1.31 bits per heavy atom. The molecule has 1 aliphatic heterocycles. The predicted molar refractivity (Wildman–Crippen MR) is 104 cm³/mol. The van der Waals surface area contributed by atoms with E-state index < -0.39 is 0 Å². The zero-order chi connectivity index (χ0) is 18.5. The van der Waals surface area contributed by atoms with Crippen LogP contribution in [0.1, 0.15) is 43.1 Å². The quantitative estimate of drug-likeness (QED) is 0.810. The van der Waals surface area contributed by atoms with Crippen LogP contribution in [0.4, 0.5) is 11.4 Å². The highest BCUT2D eigenvalue weighted by molar-refractivity contribution is 6.32. The van der Waals surface area contributed by atoms with Gasteiger partial charge in [0.1, 0.15) is 11.4 Å². The molecule has 0 spiro atoms. The Kier molecular flexibility index (Phi) is 5.99. The summed E-state index contributed by atoms with van der Waals surface area (Å²) in [5.41, 5.74) is 2.09. The molecule has 1 N–H and O–H groups in total. The van der Waals surface area contributed by atoms with Gasteiger partial charge in [-0.3, -0.25) is 9.78 Å². The Labute approximate surface area is 159 Å². The summed E-state index contributed by atoms with van der Waals surface area (Å²) in [6, 6.07) is 9.42.